The summed E-state index contributed by atoms with van der Waals surface area (Å²) in [5, 5.41) is 9.63. The van der Waals surface area contributed by atoms with Gasteiger partial charge in [-0.1, -0.05) is 6.92 Å². The lowest BCUT2D eigenvalue weighted by atomic mass is 10.1. The van der Waals surface area contributed by atoms with Crippen molar-refractivity contribution >= 4 is 11.7 Å². The maximum absolute atomic E-state index is 11.7. The van der Waals surface area contributed by atoms with Crippen molar-refractivity contribution in [2.75, 3.05) is 31.9 Å². The number of amides is 1. The topological polar surface area (TPSA) is 97.3 Å². The Labute approximate surface area is 99.3 Å². The molecule has 0 aliphatic carbocycles. The van der Waals surface area contributed by atoms with E-state index >= 15 is 0 Å². The molecular weight excluding hydrogens is 222 g/mol. The minimum atomic E-state index is -0.321. The molecule has 7 heteroatoms. The van der Waals surface area contributed by atoms with E-state index in [0.29, 0.717) is 12.5 Å². The summed E-state index contributed by atoms with van der Waals surface area (Å²) in [4.78, 5) is 14.0. The molecule has 0 spiro atoms. The van der Waals surface area contributed by atoms with Crippen LogP contribution in [0.5, 0.6) is 0 Å². The first-order valence-electron chi connectivity index (χ1n) is 5.79. The van der Waals surface area contributed by atoms with Crippen LogP contribution in [0.25, 0.3) is 0 Å². The van der Waals surface area contributed by atoms with Gasteiger partial charge < -0.3 is 16.0 Å². The van der Waals surface area contributed by atoms with Crippen LogP contribution in [0.2, 0.25) is 0 Å². The summed E-state index contributed by atoms with van der Waals surface area (Å²) in [6.45, 7) is 5.98. The van der Waals surface area contributed by atoms with Crippen molar-refractivity contribution in [1.82, 2.24) is 20.5 Å². The zero-order chi connectivity index (χ0) is 12.3. The van der Waals surface area contributed by atoms with E-state index in [4.69, 9.17) is 5.73 Å². The number of nitrogens with two attached hydrogens (primary N) is 1. The third-order valence-electron chi connectivity index (χ3n) is 3.10. The van der Waals surface area contributed by atoms with Gasteiger partial charge in [0.15, 0.2) is 0 Å². The van der Waals surface area contributed by atoms with Gasteiger partial charge in [0.25, 0.3) is 5.91 Å². The van der Waals surface area contributed by atoms with Gasteiger partial charge in [-0.25, -0.2) is 4.63 Å². The lowest BCUT2D eigenvalue weighted by molar-refractivity contribution is 0.0938. The first-order chi connectivity index (χ1) is 8.20. The number of carbonyl (C=O) groups is 1. The van der Waals surface area contributed by atoms with Crippen molar-refractivity contribution in [2.45, 2.75) is 13.3 Å². The van der Waals surface area contributed by atoms with Crippen LogP contribution in [0, 0.1) is 5.92 Å². The summed E-state index contributed by atoms with van der Waals surface area (Å²) in [5.41, 5.74) is 5.50. The molecule has 1 atom stereocenters. The molecule has 1 aromatic rings. The van der Waals surface area contributed by atoms with Crippen molar-refractivity contribution in [2.24, 2.45) is 5.92 Å². The van der Waals surface area contributed by atoms with Crippen LogP contribution in [0.4, 0.5) is 5.82 Å². The van der Waals surface area contributed by atoms with Crippen LogP contribution in [0.3, 0.4) is 0 Å². The van der Waals surface area contributed by atoms with E-state index in [9.17, 15) is 4.79 Å². The largest absolute Gasteiger partial charge is 0.379 e. The van der Waals surface area contributed by atoms with Crippen molar-refractivity contribution in [1.29, 1.82) is 0 Å². The highest BCUT2D eigenvalue weighted by Crippen LogP contribution is 2.14. The van der Waals surface area contributed by atoms with Crippen molar-refractivity contribution in [3.8, 4) is 0 Å². The molecule has 1 unspecified atom stereocenters. The lowest BCUT2D eigenvalue weighted by Crippen LogP contribution is -2.31. The normalized spacial score (nSPS) is 20.6. The fourth-order valence-corrected chi connectivity index (χ4v) is 2.04. The average molecular weight is 239 g/mol. The molecule has 94 valence electrons. The number of hydrogen-bond acceptors (Lipinski definition) is 6. The molecule has 7 nitrogen and oxygen atoms in total. The Morgan fingerprint density at radius 1 is 1.65 bits per heavy atom. The Morgan fingerprint density at radius 2 is 2.47 bits per heavy atom. The fourth-order valence-electron chi connectivity index (χ4n) is 2.04. The minimum absolute atomic E-state index is 0.0316. The molecule has 2 rings (SSSR count). The Balaban J connectivity index is 1.79. The second-order valence-corrected chi connectivity index (χ2v) is 4.26. The van der Waals surface area contributed by atoms with Gasteiger partial charge in [0.1, 0.15) is 0 Å². The van der Waals surface area contributed by atoms with E-state index in [1.165, 1.54) is 0 Å². The number of carbonyl (C=O) groups excluding carboxylic acids is 1. The summed E-state index contributed by atoms with van der Waals surface area (Å²) >= 11 is 0. The van der Waals surface area contributed by atoms with Gasteiger partial charge in [-0.2, -0.15) is 0 Å². The van der Waals surface area contributed by atoms with Crippen LogP contribution in [-0.2, 0) is 0 Å². The number of anilines is 1. The highest BCUT2D eigenvalue weighted by atomic mass is 16.6. The molecule has 3 N–H and O–H groups in total. The van der Waals surface area contributed by atoms with Crippen molar-refractivity contribution in [3.05, 3.63) is 5.69 Å². The predicted octanol–water partition coefficient (Wildman–Crippen LogP) is -0.277. The van der Waals surface area contributed by atoms with Gasteiger partial charge in [0.05, 0.1) is 0 Å². The van der Waals surface area contributed by atoms with Crippen LogP contribution in [0.15, 0.2) is 4.63 Å². The molecule has 1 fully saturated rings. The maximum Gasteiger partial charge on any atom is 0.277 e. The van der Waals surface area contributed by atoms with Gasteiger partial charge in [-0.05, 0) is 35.7 Å². The van der Waals surface area contributed by atoms with Crippen molar-refractivity contribution < 1.29 is 9.42 Å². The maximum atomic E-state index is 11.7. The molecule has 1 amide bonds. The summed E-state index contributed by atoms with van der Waals surface area (Å²) in [7, 11) is 0. The SMILES string of the molecule is CCN1CCC(CNC(=O)c2nonc2N)C1. The van der Waals surface area contributed by atoms with Gasteiger partial charge in [0, 0.05) is 13.1 Å². The average Bonchev–Trinajstić information content (AvgIpc) is 2.94. The predicted molar refractivity (Wildman–Crippen MR) is 61.3 cm³/mol. The Morgan fingerprint density at radius 3 is 3.06 bits per heavy atom. The minimum Gasteiger partial charge on any atom is -0.379 e. The number of nitrogens with zero attached hydrogens (tertiary/aromatic N) is 3. The number of aromatic nitrogens is 2. The molecular formula is C10H17N5O2. The third kappa shape index (κ3) is 2.73. The first-order valence-corrected chi connectivity index (χ1v) is 5.79. The molecule has 17 heavy (non-hydrogen) atoms. The molecule has 1 aliphatic heterocycles. The summed E-state index contributed by atoms with van der Waals surface area (Å²) in [6, 6.07) is 0. The number of likely N-dealkylation sites (tertiary alicyclic amines) is 1. The van der Waals surface area contributed by atoms with Gasteiger partial charge in [-0.3, -0.25) is 4.79 Å². The Bertz CT molecular complexity index is 392. The molecule has 0 radical (unpaired) electrons. The summed E-state index contributed by atoms with van der Waals surface area (Å²) in [6.07, 6.45) is 1.11. The van der Waals surface area contributed by atoms with Gasteiger partial charge >= 0.3 is 0 Å². The van der Waals surface area contributed by atoms with Gasteiger partial charge in [0.2, 0.25) is 11.5 Å². The quantitative estimate of drug-likeness (QED) is 0.750. The molecule has 1 aromatic heterocycles. The lowest BCUT2D eigenvalue weighted by Gasteiger charge is -2.13. The Hall–Kier alpha value is -1.63. The second-order valence-electron chi connectivity index (χ2n) is 4.26. The molecule has 1 aliphatic rings. The van der Waals surface area contributed by atoms with Crippen LogP contribution in [-0.4, -0.2) is 47.3 Å². The molecule has 1 saturated heterocycles. The fraction of sp³-hybridized carbons (Fsp3) is 0.700. The highest BCUT2D eigenvalue weighted by molar-refractivity contribution is 5.95. The number of hydrogen-bond donors (Lipinski definition) is 2. The molecule has 0 saturated carbocycles. The van der Waals surface area contributed by atoms with Gasteiger partial charge in [-0.15, -0.1) is 0 Å². The van der Waals surface area contributed by atoms with E-state index in [1.807, 2.05) is 0 Å². The Kier molecular flexibility index (Phi) is 3.58. The van der Waals surface area contributed by atoms with Crippen LogP contribution < -0.4 is 11.1 Å². The zero-order valence-corrected chi connectivity index (χ0v) is 9.85. The van der Waals surface area contributed by atoms with Crippen LogP contribution >= 0.6 is 0 Å². The monoisotopic (exact) mass is 239 g/mol. The molecule has 0 bridgehead atoms. The van der Waals surface area contributed by atoms with E-state index in [-0.39, 0.29) is 17.4 Å². The van der Waals surface area contributed by atoms with Crippen LogP contribution in [0.1, 0.15) is 23.8 Å². The third-order valence-corrected chi connectivity index (χ3v) is 3.10. The molecule has 2 heterocycles. The smallest absolute Gasteiger partial charge is 0.277 e. The number of nitrogens with one attached hydrogen (secondary N) is 1. The number of rotatable bonds is 4. The van der Waals surface area contributed by atoms with E-state index in [0.717, 1.165) is 26.1 Å². The highest BCUT2D eigenvalue weighted by Gasteiger charge is 2.23. The summed E-state index contributed by atoms with van der Waals surface area (Å²) < 4.78 is 4.38. The molecule has 0 aromatic carbocycles. The second kappa shape index (κ2) is 5.13. The van der Waals surface area contributed by atoms with E-state index in [2.05, 4.69) is 32.1 Å². The van der Waals surface area contributed by atoms with E-state index in [1.54, 1.807) is 0 Å². The van der Waals surface area contributed by atoms with Crippen molar-refractivity contribution in [3.63, 3.8) is 0 Å². The summed E-state index contributed by atoms with van der Waals surface area (Å²) in [5.74, 6) is 0.211. The standard InChI is InChI=1S/C10H17N5O2/c1-2-15-4-3-7(6-15)5-12-10(16)8-9(11)14-17-13-8/h7H,2-6H2,1H3,(H2,11,14)(H,12,16). The zero-order valence-electron chi connectivity index (χ0n) is 9.85. The van der Waals surface area contributed by atoms with E-state index < -0.39 is 0 Å². The first kappa shape index (κ1) is 11.8. The number of nitrogen functional groups attached to an aromatic ring is 1.